The highest BCUT2D eigenvalue weighted by Gasteiger charge is 2.11. The lowest BCUT2D eigenvalue weighted by atomic mass is 10.3. The maximum atomic E-state index is 11.4. The molecular weight excluding hydrogens is 280 g/mol. The van der Waals surface area contributed by atoms with Gasteiger partial charge in [-0.15, -0.1) is 22.7 Å². The number of hydrogen-bond acceptors (Lipinski definition) is 6. The van der Waals surface area contributed by atoms with Crippen LogP contribution >= 0.6 is 22.7 Å². The summed E-state index contributed by atoms with van der Waals surface area (Å²) in [7, 11) is 2.01. The zero-order valence-corrected chi connectivity index (χ0v) is 12.6. The molecule has 0 fully saturated rings. The van der Waals surface area contributed by atoms with E-state index >= 15 is 0 Å². The molecule has 2 aromatic rings. The second-order valence-electron chi connectivity index (χ2n) is 4.04. The lowest BCUT2D eigenvalue weighted by molar-refractivity contribution is -0.142. The summed E-state index contributed by atoms with van der Waals surface area (Å²) in [5.74, 6) is -0.222. The first-order chi connectivity index (χ1) is 9.19. The van der Waals surface area contributed by atoms with Crippen LogP contribution in [-0.4, -0.2) is 24.6 Å². The van der Waals surface area contributed by atoms with E-state index < -0.39 is 0 Å². The molecule has 4 nitrogen and oxygen atoms in total. The largest absolute Gasteiger partial charge is 0.466 e. The Kier molecular flexibility index (Phi) is 4.93. The van der Waals surface area contributed by atoms with Crippen molar-refractivity contribution in [1.29, 1.82) is 0 Å². The summed E-state index contributed by atoms with van der Waals surface area (Å²) in [6, 6.07) is 4.15. The molecule has 0 saturated carbocycles. The van der Waals surface area contributed by atoms with Crippen molar-refractivity contribution in [1.82, 2.24) is 4.98 Å². The standard InChI is InChI=1S/C13H16N2O2S2/c1-3-17-12(16)7-10-9-19-13(14-10)15(2)8-11-5-4-6-18-11/h4-6,9H,3,7-8H2,1-2H3. The van der Waals surface area contributed by atoms with Crippen molar-refractivity contribution in [3.05, 3.63) is 33.5 Å². The normalized spacial score (nSPS) is 10.4. The minimum Gasteiger partial charge on any atom is -0.466 e. The molecule has 0 bridgehead atoms. The average molecular weight is 296 g/mol. The van der Waals surface area contributed by atoms with Crippen LogP contribution in [0.2, 0.25) is 0 Å². The first kappa shape index (κ1) is 14.0. The Morgan fingerprint density at radius 3 is 3.00 bits per heavy atom. The van der Waals surface area contributed by atoms with E-state index in [1.54, 1.807) is 29.6 Å². The molecule has 2 rings (SSSR count). The molecule has 19 heavy (non-hydrogen) atoms. The Hall–Kier alpha value is -1.40. The molecule has 0 radical (unpaired) electrons. The third-order valence-electron chi connectivity index (χ3n) is 2.47. The highest BCUT2D eigenvalue weighted by atomic mass is 32.1. The molecular formula is C13H16N2O2S2. The van der Waals surface area contributed by atoms with Gasteiger partial charge in [-0.3, -0.25) is 4.79 Å². The van der Waals surface area contributed by atoms with Crippen molar-refractivity contribution >= 4 is 33.8 Å². The Morgan fingerprint density at radius 1 is 1.47 bits per heavy atom. The molecule has 0 aliphatic heterocycles. The smallest absolute Gasteiger partial charge is 0.311 e. The predicted molar refractivity (Wildman–Crippen MR) is 78.9 cm³/mol. The van der Waals surface area contributed by atoms with Gasteiger partial charge in [0.2, 0.25) is 0 Å². The number of hydrogen-bond donors (Lipinski definition) is 0. The number of ether oxygens (including phenoxy) is 1. The van der Waals surface area contributed by atoms with Crippen LogP contribution in [0.3, 0.4) is 0 Å². The number of aromatic nitrogens is 1. The zero-order valence-electron chi connectivity index (χ0n) is 11.0. The quantitative estimate of drug-likeness (QED) is 0.769. The van der Waals surface area contributed by atoms with E-state index in [1.807, 2.05) is 18.5 Å². The molecule has 6 heteroatoms. The summed E-state index contributed by atoms with van der Waals surface area (Å²) < 4.78 is 4.91. The fourth-order valence-corrected chi connectivity index (χ4v) is 3.17. The van der Waals surface area contributed by atoms with Crippen molar-refractivity contribution in [3.8, 4) is 0 Å². The number of esters is 1. The van der Waals surface area contributed by atoms with E-state index in [2.05, 4.69) is 21.3 Å². The fourth-order valence-electron chi connectivity index (χ4n) is 1.62. The van der Waals surface area contributed by atoms with Crippen LogP contribution in [0.15, 0.2) is 22.9 Å². The molecule has 0 N–H and O–H groups in total. The third kappa shape index (κ3) is 4.04. The van der Waals surface area contributed by atoms with E-state index in [9.17, 15) is 4.79 Å². The molecule has 2 aromatic heterocycles. The van der Waals surface area contributed by atoms with E-state index in [4.69, 9.17) is 4.74 Å². The second kappa shape index (κ2) is 6.68. The van der Waals surface area contributed by atoms with Gasteiger partial charge in [0.1, 0.15) is 0 Å². The first-order valence-corrected chi connectivity index (χ1v) is 7.78. The molecule has 2 heterocycles. The monoisotopic (exact) mass is 296 g/mol. The lowest BCUT2D eigenvalue weighted by Crippen LogP contribution is -2.15. The molecule has 0 amide bonds. The van der Waals surface area contributed by atoms with Crippen LogP contribution in [0.1, 0.15) is 17.5 Å². The minimum atomic E-state index is -0.222. The number of carbonyl (C=O) groups excluding carboxylic acids is 1. The number of thiophene rings is 1. The molecule has 0 atom stereocenters. The number of rotatable bonds is 6. The average Bonchev–Trinajstić information content (AvgIpc) is 3.00. The molecule has 0 aliphatic carbocycles. The summed E-state index contributed by atoms with van der Waals surface area (Å²) in [6.07, 6.45) is 0.247. The van der Waals surface area contributed by atoms with E-state index in [1.165, 1.54) is 4.88 Å². The molecule has 0 saturated heterocycles. The van der Waals surface area contributed by atoms with E-state index in [0.717, 1.165) is 17.4 Å². The third-order valence-corrected chi connectivity index (χ3v) is 4.33. The summed E-state index contributed by atoms with van der Waals surface area (Å²) in [4.78, 5) is 19.2. The summed E-state index contributed by atoms with van der Waals surface area (Å²) in [5, 5.41) is 4.90. The van der Waals surface area contributed by atoms with Crippen molar-refractivity contribution in [2.75, 3.05) is 18.6 Å². The Balaban J connectivity index is 1.94. The van der Waals surface area contributed by atoms with Crippen LogP contribution in [0.4, 0.5) is 5.13 Å². The Bertz CT molecular complexity index is 522. The van der Waals surface area contributed by atoms with Crippen LogP contribution in [0, 0.1) is 0 Å². The maximum absolute atomic E-state index is 11.4. The van der Waals surface area contributed by atoms with Gasteiger partial charge < -0.3 is 9.64 Å². The van der Waals surface area contributed by atoms with Gasteiger partial charge in [-0.2, -0.15) is 0 Å². The minimum absolute atomic E-state index is 0.222. The highest BCUT2D eigenvalue weighted by molar-refractivity contribution is 7.13. The number of nitrogens with zero attached hydrogens (tertiary/aromatic N) is 2. The Labute approximate surface area is 120 Å². The van der Waals surface area contributed by atoms with Crippen molar-refractivity contribution < 1.29 is 9.53 Å². The zero-order chi connectivity index (χ0) is 13.7. The van der Waals surface area contributed by atoms with E-state index in [0.29, 0.717) is 6.61 Å². The predicted octanol–water partition coefficient (Wildman–Crippen LogP) is 2.95. The van der Waals surface area contributed by atoms with Gasteiger partial charge in [-0.05, 0) is 18.4 Å². The van der Waals surface area contributed by atoms with Gasteiger partial charge in [0.25, 0.3) is 0 Å². The van der Waals surface area contributed by atoms with Crippen LogP contribution < -0.4 is 4.90 Å². The van der Waals surface area contributed by atoms with Crippen molar-refractivity contribution in [2.24, 2.45) is 0 Å². The summed E-state index contributed by atoms with van der Waals surface area (Å²) >= 11 is 3.28. The van der Waals surface area contributed by atoms with Gasteiger partial charge in [0.05, 0.1) is 25.3 Å². The molecule has 0 unspecified atom stereocenters. The summed E-state index contributed by atoms with van der Waals surface area (Å²) in [6.45, 7) is 3.05. The second-order valence-corrected chi connectivity index (χ2v) is 5.91. The van der Waals surface area contributed by atoms with E-state index in [-0.39, 0.29) is 12.4 Å². The highest BCUT2D eigenvalue weighted by Crippen LogP contribution is 2.22. The molecule has 0 aromatic carbocycles. The Morgan fingerprint density at radius 2 is 2.32 bits per heavy atom. The van der Waals surface area contributed by atoms with Crippen molar-refractivity contribution in [2.45, 2.75) is 19.9 Å². The number of anilines is 1. The van der Waals surface area contributed by atoms with Gasteiger partial charge in [-0.1, -0.05) is 6.07 Å². The first-order valence-electron chi connectivity index (χ1n) is 6.02. The van der Waals surface area contributed by atoms with Crippen molar-refractivity contribution in [3.63, 3.8) is 0 Å². The SMILES string of the molecule is CCOC(=O)Cc1csc(N(C)Cc2cccs2)n1. The molecule has 102 valence electrons. The van der Waals surface area contributed by atoms with Gasteiger partial charge in [-0.25, -0.2) is 4.98 Å². The topological polar surface area (TPSA) is 42.4 Å². The van der Waals surface area contributed by atoms with Gasteiger partial charge in [0.15, 0.2) is 5.13 Å². The van der Waals surface area contributed by atoms with Gasteiger partial charge >= 0.3 is 5.97 Å². The summed E-state index contributed by atoms with van der Waals surface area (Å²) in [5.41, 5.74) is 0.775. The lowest BCUT2D eigenvalue weighted by Gasteiger charge is -2.14. The van der Waals surface area contributed by atoms with Crippen LogP contribution in [0.5, 0.6) is 0 Å². The fraction of sp³-hybridized carbons (Fsp3) is 0.385. The number of carbonyl (C=O) groups is 1. The van der Waals surface area contributed by atoms with Gasteiger partial charge in [0, 0.05) is 17.3 Å². The maximum Gasteiger partial charge on any atom is 0.311 e. The molecule has 0 spiro atoms. The molecule has 0 aliphatic rings. The van der Waals surface area contributed by atoms with Crippen LogP contribution in [-0.2, 0) is 22.5 Å². The number of thiazole rings is 1. The van der Waals surface area contributed by atoms with Crippen LogP contribution in [0.25, 0.3) is 0 Å².